The van der Waals surface area contributed by atoms with Gasteiger partial charge < -0.3 is 14.2 Å². The zero-order chi connectivity index (χ0) is 19.5. The number of nitrogens with zero attached hydrogens (tertiary/aromatic N) is 3. The van der Waals surface area contributed by atoms with Gasteiger partial charge in [0.1, 0.15) is 11.8 Å². The molecule has 0 unspecified atom stereocenters. The number of hydrogen-bond donors (Lipinski definition) is 0. The lowest BCUT2D eigenvalue weighted by molar-refractivity contribution is 0.0710. The molecule has 1 aliphatic rings. The van der Waals surface area contributed by atoms with E-state index in [4.69, 9.17) is 20.9 Å². The fourth-order valence-corrected chi connectivity index (χ4v) is 3.64. The van der Waals surface area contributed by atoms with Crippen LogP contribution in [0.4, 0.5) is 0 Å². The second kappa shape index (κ2) is 8.02. The number of rotatable bonds is 5. The molecule has 0 radical (unpaired) electrons. The Morgan fingerprint density at radius 2 is 2.04 bits per heavy atom. The second-order valence-corrected chi connectivity index (χ2v) is 6.96. The Morgan fingerprint density at radius 3 is 2.79 bits per heavy atom. The average molecular weight is 398 g/mol. The summed E-state index contributed by atoms with van der Waals surface area (Å²) in [5.41, 5.74) is 1.32. The van der Waals surface area contributed by atoms with Gasteiger partial charge in [0.15, 0.2) is 0 Å². The third-order valence-corrected chi connectivity index (χ3v) is 5.10. The summed E-state index contributed by atoms with van der Waals surface area (Å²) in [6.07, 6.45) is 1.67. The summed E-state index contributed by atoms with van der Waals surface area (Å²) < 4.78 is 10.9. The van der Waals surface area contributed by atoms with Crippen LogP contribution >= 0.6 is 11.6 Å². The van der Waals surface area contributed by atoms with Crippen molar-refractivity contribution in [1.82, 2.24) is 15.0 Å². The minimum Gasteiger partial charge on any atom is -0.494 e. The van der Waals surface area contributed by atoms with Gasteiger partial charge in [0.25, 0.3) is 5.91 Å². The van der Waals surface area contributed by atoms with Crippen molar-refractivity contribution in [3.8, 4) is 17.1 Å². The number of carbonyl (C=O) groups excluding carboxylic acids is 1. The minimum atomic E-state index is -0.234. The van der Waals surface area contributed by atoms with Gasteiger partial charge >= 0.3 is 0 Å². The molecule has 1 saturated heterocycles. The topological polar surface area (TPSA) is 68.5 Å². The maximum atomic E-state index is 13.0. The van der Waals surface area contributed by atoms with Crippen molar-refractivity contribution in [1.29, 1.82) is 0 Å². The fourth-order valence-electron chi connectivity index (χ4n) is 3.42. The van der Waals surface area contributed by atoms with E-state index in [0.29, 0.717) is 41.0 Å². The molecule has 1 fully saturated rings. The molecule has 1 amide bonds. The molecule has 7 heteroatoms. The molecular weight excluding hydrogens is 378 g/mol. The normalized spacial score (nSPS) is 16.4. The predicted molar refractivity (Wildman–Crippen MR) is 105 cm³/mol. The molecule has 6 nitrogen and oxygen atoms in total. The van der Waals surface area contributed by atoms with Gasteiger partial charge in [-0.3, -0.25) is 4.79 Å². The molecule has 0 aliphatic carbocycles. The first kappa shape index (κ1) is 18.5. The first-order valence-electron chi connectivity index (χ1n) is 9.29. The molecule has 0 saturated carbocycles. The number of ether oxygens (including phenoxy) is 1. The lowest BCUT2D eigenvalue weighted by Gasteiger charge is -2.22. The number of amides is 1. The number of likely N-dealkylation sites (tertiary alicyclic amines) is 1. The highest BCUT2D eigenvalue weighted by Crippen LogP contribution is 2.34. The molecule has 0 spiro atoms. The zero-order valence-corrected chi connectivity index (χ0v) is 16.2. The third-order valence-electron chi connectivity index (χ3n) is 4.77. The van der Waals surface area contributed by atoms with E-state index >= 15 is 0 Å². The summed E-state index contributed by atoms with van der Waals surface area (Å²) >= 11 is 6.23. The van der Waals surface area contributed by atoms with Crippen LogP contribution in [0.15, 0.2) is 53.1 Å². The first-order chi connectivity index (χ1) is 13.7. The standard InChI is InChI=1S/C21H20ClN3O3/c1-2-27-15-11-9-14(10-12-15)21(26)25-13-5-8-18(25)20-23-19(24-28-20)16-6-3-4-7-17(16)22/h3-4,6-7,9-12,18H,2,5,8,13H2,1H3/t18-/m0/s1. The molecule has 4 rings (SSSR count). The van der Waals surface area contributed by atoms with Crippen LogP contribution in [-0.2, 0) is 0 Å². The van der Waals surface area contributed by atoms with Crippen LogP contribution in [-0.4, -0.2) is 34.1 Å². The van der Waals surface area contributed by atoms with E-state index in [0.717, 1.165) is 18.6 Å². The number of aromatic nitrogens is 2. The zero-order valence-electron chi connectivity index (χ0n) is 15.5. The van der Waals surface area contributed by atoms with E-state index < -0.39 is 0 Å². The summed E-state index contributed by atoms with van der Waals surface area (Å²) in [5.74, 6) is 1.56. The highest BCUT2D eigenvalue weighted by molar-refractivity contribution is 6.33. The van der Waals surface area contributed by atoms with Gasteiger partial charge in [0.2, 0.25) is 11.7 Å². The van der Waals surface area contributed by atoms with Crippen molar-refractivity contribution >= 4 is 17.5 Å². The summed E-state index contributed by atoms with van der Waals surface area (Å²) in [6, 6.07) is 14.3. The van der Waals surface area contributed by atoms with Crippen LogP contribution in [0.3, 0.4) is 0 Å². The number of benzene rings is 2. The molecule has 1 aliphatic heterocycles. The van der Waals surface area contributed by atoms with E-state index in [1.807, 2.05) is 37.3 Å². The predicted octanol–water partition coefficient (Wildman–Crippen LogP) is 4.77. The van der Waals surface area contributed by atoms with E-state index in [1.54, 1.807) is 23.1 Å². The summed E-state index contributed by atoms with van der Waals surface area (Å²) in [6.45, 7) is 3.17. The van der Waals surface area contributed by atoms with Crippen LogP contribution < -0.4 is 4.74 Å². The largest absolute Gasteiger partial charge is 0.494 e. The lowest BCUT2D eigenvalue weighted by atomic mass is 10.1. The third kappa shape index (κ3) is 3.60. The molecular formula is C21H20ClN3O3. The number of carbonyl (C=O) groups is 1. The van der Waals surface area contributed by atoms with Crippen molar-refractivity contribution in [3.63, 3.8) is 0 Å². The lowest BCUT2D eigenvalue weighted by Crippen LogP contribution is -2.30. The molecule has 2 aromatic carbocycles. The first-order valence-corrected chi connectivity index (χ1v) is 9.67. The maximum absolute atomic E-state index is 13.0. The van der Waals surface area contributed by atoms with Crippen molar-refractivity contribution in [2.75, 3.05) is 13.2 Å². The van der Waals surface area contributed by atoms with E-state index in [2.05, 4.69) is 10.1 Å². The number of hydrogen-bond acceptors (Lipinski definition) is 5. The van der Waals surface area contributed by atoms with E-state index in [9.17, 15) is 4.79 Å². The Balaban J connectivity index is 1.55. The molecule has 28 heavy (non-hydrogen) atoms. The highest BCUT2D eigenvalue weighted by atomic mass is 35.5. The summed E-state index contributed by atoms with van der Waals surface area (Å²) in [7, 11) is 0. The summed E-state index contributed by atoms with van der Waals surface area (Å²) in [5, 5.41) is 4.62. The van der Waals surface area contributed by atoms with Crippen molar-refractivity contribution in [2.45, 2.75) is 25.8 Å². The second-order valence-electron chi connectivity index (χ2n) is 6.55. The van der Waals surface area contributed by atoms with Crippen molar-refractivity contribution in [2.24, 2.45) is 0 Å². The summed E-state index contributed by atoms with van der Waals surface area (Å²) in [4.78, 5) is 19.3. The molecule has 3 aromatic rings. The number of halogens is 1. The van der Waals surface area contributed by atoms with Gasteiger partial charge in [-0.15, -0.1) is 0 Å². The Kier molecular flexibility index (Phi) is 5.30. The van der Waals surface area contributed by atoms with Gasteiger partial charge in [0.05, 0.1) is 11.6 Å². The molecule has 0 bridgehead atoms. The monoisotopic (exact) mass is 397 g/mol. The minimum absolute atomic E-state index is 0.0527. The van der Waals surface area contributed by atoms with E-state index in [-0.39, 0.29) is 11.9 Å². The highest BCUT2D eigenvalue weighted by Gasteiger charge is 2.34. The van der Waals surface area contributed by atoms with Crippen LogP contribution in [0.1, 0.15) is 42.1 Å². The van der Waals surface area contributed by atoms with Gasteiger partial charge in [-0.2, -0.15) is 4.98 Å². The van der Waals surface area contributed by atoms with Gasteiger partial charge in [-0.1, -0.05) is 28.9 Å². The smallest absolute Gasteiger partial charge is 0.254 e. The average Bonchev–Trinajstić information content (AvgIpc) is 3.38. The molecule has 1 aromatic heterocycles. The Bertz CT molecular complexity index is 971. The molecule has 1 atom stereocenters. The van der Waals surface area contributed by atoms with Gasteiger partial charge in [-0.05, 0) is 56.2 Å². The Hall–Kier alpha value is -2.86. The molecule has 0 N–H and O–H groups in total. The van der Waals surface area contributed by atoms with Gasteiger partial charge in [-0.25, -0.2) is 0 Å². The maximum Gasteiger partial charge on any atom is 0.254 e. The van der Waals surface area contributed by atoms with Crippen molar-refractivity contribution in [3.05, 3.63) is 65.0 Å². The van der Waals surface area contributed by atoms with Crippen molar-refractivity contribution < 1.29 is 14.1 Å². The fraction of sp³-hybridized carbons (Fsp3) is 0.286. The van der Waals surface area contributed by atoms with Crippen LogP contribution in [0.5, 0.6) is 5.75 Å². The van der Waals surface area contributed by atoms with E-state index in [1.165, 1.54) is 0 Å². The van der Waals surface area contributed by atoms with Crippen LogP contribution in [0.2, 0.25) is 5.02 Å². The van der Waals surface area contributed by atoms with Gasteiger partial charge in [0, 0.05) is 17.7 Å². The molecule has 144 valence electrons. The van der Waals surface area contributed by atoms with Crippen LogP contribution in [0.25, 0.3) is 11.4 Å². The Labute approximate surface area is 168 Å². The SMILES string of the molecule is CCOc1ccc(C(=O)N2CCC[C@H]2c2nc(-c3ccccc3Cl)no2)cc1. The Morgan fingerprint density at radius 1 is 1.25 bits per heavy atom. The quantitative estimate of drug-likeness (QED) is 0.620. The molecule has 2 heterocycles. The van der Waals surface area contributed by atoms with Crippen LogP contribution in [0, 0.1) is 0 Å².